The molecule has 14 nitrogen and oxygen atoms in total. The number of nitriles is 1. The number of aliphatic hydroxyl groups excluding tert-OH is 1. The monoisotopic (exact) mass is 498 g/mol. The lowest BCUT2D eigenvalue weighted by Gasteiger charge is -2.17. The number of hydrogen-bond acceptors (Lipinski definition) is 10. The number of imidazole rings is 1. The maximum atomic E-state index is 12.2. The van der Waals surface area contributed by atoms with Crippen LogP contribution in [-0.2, 0) is 16.1 Å². The summed E-state index contributed by atoms with van der Waals surface area (Å²) in [5.74, 6) is 0.328. The van der Waals surface area contributed by atoms with Gasteiger partial charge in [-0.15, -0.1) is 0 Å². The van der Waals surface area contributed by atoms with E-state index in [9.17, 15) is 9.90 Å². The zero-order chi connectivity index (χ0) is 24.9. The molecule has 0 spiro atoms. The molecule has 0 saturated carbocycles. The molecule has 1 saturated heterocycles. The van der Waals surface area contributed by atoms with Gasteiger partial charge >= 0.3 is 0 Å². The molecule has 1 fully saturated rings. The van der Waals surface area contributed by atoms with Crippen LogP contribution in [0.4, 0.5) is 5.82 Å². The molecule has 4 rings (SSSR count). The molecule has 3 N–H and O–H groups in total. The second kappa shape index (κ2) is 10.4. The molecule has 0 aliphatic carbocycles. The molecule has 3 heterocycles. The lowest BCUT2D eigenvalue weighted by Crippen LogP contribution is -2.40. The van der Waals surface area contributed by atoms with E-state index in [0.29, 0.717) is 33.3 Å². The summed E-state index contributed by atoms with van der Waals surface area (Å²) in [4.78, 5) is 27.7. The summed E-state index contributed by atoms with van der Waals surface area (Å²) < 4.78 is 12.6. The Morgan fingerprint density at radius 3 is 3.03 bits per heavy atom. The average molecular weight is 499 g/mol. The summed E-state index contributed by atoms with van der Waals surface area (Å²) >= 11 is 6.11. The standard InChI is InChI=1S/C20H19ClN10O4/c1-24-19(33)16-13(29-30-23)15(32)20(35-16)31-9-28-14-17(26-8-27-18(14)31)25-7-10-6-11(21)2-3-12(10)34-5-4-22/h2-3,6,8-9,13,15-16,20,32H,5,7H2,1H3,(H,24,33)(H,25,26,27)/t13-,15+,16-,20+/m0/s1. The molecule has 0 unspecified atom stereocenters. The molecular formula is C20H19ClN10O4. The van der Waals surface area contributed by atoms with Gasteiger partial charge in [-0.05, 0) is 23.7 Å². The summed E-state index contributed by atoms with van der Waals surface area (Å²) in [6, 6.07) is 5.81. The molecule has 0 radical (unpaired) electrons. The zero-order valence-electron chi connectivity index (χ0n) is 18.2. The van der Waals surface area contributed by atoms with Crippen molar-refractivity contribution in [2.24, 2.45) is 5.11 Å². The van der Waals surface area contributed by atoms with Crippen molar-refractivity contribution in [3.63, 3.8) is 0 Å². The first-order valence-corrected chi connectivity index (χ1v) is 10.6. The molecule has 1 aliphatic rings. The Hall–Kier alpha value is -4.15. The Morgan fingerprint density at radius 1 is 1.46 bits per heavy atom. The quantitative estimate of drug-likeness (QED) is 0.235. The van der Waals surface area contributed by atoms with Crippen LogP contribution >= 0.6 is 11.6 Å². The van der Waals surface area contributed by atoms with Gasteiger partial charge in [0.05, 0.1) is 6.33 Å². The van der Waals surface area contributed by atoms with Crippen LogP contribution in [0.5, 0.6) is 5.75 Å². The molecular weight excluding hydrogens is 480 g/mol. The van der Waals surface area contributed by atoms with Crippen LogP contribution < -0.4 is 15.4 Å². The van der Waals surface area contributed by atoms with Crippen molar-refractivity contribution < 1.29 is 19.4 Å². The van der Waals surface area contributed by atoms with Gasteiger partial charge in [-0.2, -0.15) is 5.26 Å². The number of aromatic nitrogens is 4. The predicted octanol–water partition coefficient (Wildman–Crippen LogP) is 1.68. The number of ether oxygens (including phenoxy) is 2. The first kappa shape index (κ1) is 24.0. The number of fused-ring (bicyclic) bond motifs is 1. The molecule has 4 atom stereocenters. The van der Waals surface area contributed by atoms with Gasteiger partial charge < -0.3 is 25.2 Å². The highest BCUT2D eigenvalue weighted by atomic mass is 35.5. The number of benzene rings is 1. The number of halogens is 1. The van der Waals surface area contributed by atoms with Crippen LogP contribution in [0.2, 0.25) is 5.02 Å². The number of anilines is 1. The fourth-order valence-electron chi connectivity index (χ4n) is 3.72. The molecule has 180 valence electrons. The van der Waals surface area contributed by atoms with Gasteiger partial charge in [0.15, 0.2) is 29.8 Å². The fourth-order valence-corrected chi connectivity index (χ4v) is 3.91. The Balaban J connectivity index is 1.61. The SMILES string of the molecule is CNC(=O)[C@H]1O[C@@H](n2cnc3c(NCc4cc(Cl)ccc4OCC#N)ncnc32)[C@H](O)[C@@H]1N=[N+]=[N-]. The first-order chi connectivity index (χ1) is 17.0. The highest BCUT2D eigenvalue weighted by Gasteiger charge is 2.48. The van der Waals surface area contributed by atoms with Gasteiger partial charge in [0.1, 0.15) is 36.4 Å². The number of azide groups is 1. The number of likely N-dealkylation sites (N-methyl/N-ethyl adjacent to an activating group) is 1. The second-order valence-electron chi connectivity index (χ2n) is 7.35. The maximum absolute atomic E-state index is 12.2. The lowest BCUT2D eigenvalue weighted by atomic mass is 10.1. The molecule has 1 amide bonds. The van der Waals surface area contributed by atoms with Crippen LogP contribution in [0.25, 0.3) is 21.6 Å². The third-order valence-corrected chi connectivity index (χ3v) is 5.56. The van der Waals surface area contributed by atoms with Crippen molar-refractivity contribution >= 4 is 34.5 Å². The van der Waals surface area contributed by atoms with Crippen molar-refractivity contribution in [1.82, 2.24) is 24.8 Å². The number of aliphatic hydroxyl groups is 1. The second-order valence-corrected chi connectivity index (χ2v) is 7.78. The van der Waals surface area contributed by atoms with Gasteiger partial charge in [-0.1, -0.05) is 16.7 Å². The molecule has 3 aromatic rings. The smallest absolute Gasteiger partial charge is 0.249 e. The average Bonchev–Trinajstić information content (AvgIpc) is 3.43. The van der Waals surface area contributed by atoms with Crippen LogP contribution in [0.15, 0.2) is 36.0 Å². The van der Waals surface area contributed by atoms with Gasteiger partial charge in [0.2, 0.25) is 5.91 Å². The zero-order valence-corrected chi connectivity index (χ0v) is 19.0. The topological polar surface area (TPSA) is 196 Å². The number of hydrogen-bond donors (Lipinski definition) is 3. The van der Waals surface area contributed by atoms with Gasteiger partial charge in [0.25, 0.3) is 0 Å². The largest absolute Gasteiger partial charge is 0.478 e. The summed E-state index contributed by atoms with van der Waals surface area (Å²) in [6.45, 7) is 0.134. The highest BCUT2D eigenvalue weighted by molar-refractivity contribution is 6.30. The maximum Gasteiger partial charge on any atom is 0.249 e. The van der Waals surface area contributed by atoms with E-state index in [1.807, 2.05) is 6.07 Å². The lowest BCUT2D eigenvalue weighted by molar-refractivity contribution is -0.134. The first-order valence-electron chi connectivity index (χ1n) is 10.3. The van der Waals surface area contributed by atoms with Crippen molar-refractivity contribution in [2.45, 2.75) is 31.0 Å². The number of carbonyl (C=O) groups excluding carboxylic acids is 1. The van der Waals surface area contributed by atoms with Gasteiger partial charge in [0, 0.05) is 29.1 Å². The minimum atomic E-state index is -1.33. The summed E-state index contributed by atoms with van der Waals surface area (Å²) in [5.41, 5.74) is 10.2. The van der Waals surface area contributed by atoms with E-state index in [1.54, 1.807) is 18.2 Å². The summed E-state index contributed by atoms with van der Waals surface area (Å²) in [6.07, 6.45) is -0.917. The molecule has 1 aromatic carbocycles. The van der Waals surface area contributed by atoms with Gasteiger partial charge in [-0.3, -0.25) is 9.36 Å². The van der Waals surface area contributed by atoms with E-state index in [0.717, 1.165) is 0 Å². The van der Waals surface area contributed by atoms with E-state index in [4.69, 9.17) is 31.9 Å². The Bertz CT molecular complexity index is 1340. The molecule has 2 aromatic heterocycles. The minimum absolute atomic E-state index is 0.117. The highest BCUT2D eigenvalue weighted by Crippen LogP contribution is 2.34. The predicted molar refractivity (Wildman–Crippen MR) is 122 cm³/mol. The third-order valence-electron chi connectivity index (χ3n) is 5.32. The Morgan fingerprint density at radius 2 is 2.29 bits per heavy atom. The third kappa shape index (κ3) is 4.75. The molecule has 1 aliphatic heterocycles. The number of nitrogens with zero attached hydrogens (tertiary/aromatic N) is 8. The van der Waals surface area contributed by atoms with Gasteiger partial charge in [-0.25, -0.2) is 15.0 Å². The summed E-state index contributed by atoms with van der Waals surface area (Å²) in [7, 11) is 1.41. The number of nitrogens with one attached hydrogen (secondary N) is 2. The van der Waals surface area contributed by atoms with E-state index in [1.165, 1.54) is 24.3 Å². The van der Waals surface area contributed by atoms with E-state index in [2.05, 4.69) is 35.6 Å². The van der Waals surface area contributed by atoms with Crippen LogP contribution in [0.1, 0.15) is 11.8 Å². The van der Waals surface area contributed by atoms with Crippen molar-refractivity contribution in [1.29, 1.82) is 5.26 Å². The number of carbonyl (C=O) groups is 1. The molecule has 0 bridgehead atoms. The van der Waals surface area contributed by atoms with Crippen molar-refractivity contribution in [2.75, 3.05) is 19.0 Å². The Labute approximate surface area is 203 Å². The molecule has 35 heavy (non-hydrogen) atoms. The number of amides is 1. The number of rotatable bonds is 8. The van der Waals surface area contributed by atoms with E-state index >= 15 is 0 Å². The van der Waals surface area contributed by atoms with Crippen molar-refractivity contribution in [3.8, 4) is 11.8 Å². The normalized spacial score (nSPS) is 21.2. The van der Waals surface area contributed by atoms with Crippen LogP contribution in [-0.4, -0.2) is 62.4 Å². The summed E-state index contributed by atoms with van der Waals surface area (Å²) in [5, 5.41) is 29.2. The van der Waals surface area contributed by atoms with Crippen molar-refractivity contribution in [3.05, 3.63) is 51.9 Å². The Kier molecular flexibility index (Phi) is 7.14. The minimum Gasteiger partial charge on any atom is -0.478 e. The van der Waals surface area contributed by atoms with E-state index < -0.39 is 30.4 Å². The van der Waals surface area contributed by atoms with Crippen LogP contribution in [0.3, 0.4) is 0 Å². The van der Waals surface area contributed by atoms with E-state index in [-0.39, 0.29) is 13.2 Å². The molecule has 15 heteroatoms. The van der Waals surface area contributed by atoms with Crippen LogP contribution in [0, 0.1) is 11.3 Å². The fraction of sp³-hybridized carbons (Fsp3) is 0.350.